The van der Waals surface area contributed by atoms with Gasteiger partial charge in [0.25, 0.3) is 0 Å². The fourth-order valence-corrected chi connectivity index (χ4v) is 3.49. The lowest BCUT2D eigenvalue weighted by Crippen LogP contribution is -2.22. The Labute approximate surface area is 154 Å². The van der Waals surface area contributed by atoms with Gasteiger partial charge in [0.2, 0.25) is 0 Å². The van der Waals surface area contributed by atoms with Crippen LogP contribution in [0.2, 0.25) is 0 Å². The quantitative estimate of drug-likeness (QED) is 0.385. The third-order valence-electron chi connectivity index (χ3n) is 4.66. The molecular weight excluding hydrogens is 332 g/mol. The van der Waals surface area contributed by atoms with Crippen LogP contribution in [-0.4, -0.2) is 18.5 Å². The second-order valence-corrected chi connectivity index (χ2v) is 6.72. The number of alkyl halides is 1. The van der Waals surface area contributed by atoms with E-state index in [-0.39, 0.29) is 11.9 Å². The van der Waals surface area contributed by atoms with Gasteiger partial charge in [0.15, 0.2) is 0 Å². The van der Waals surface area contributed by atoms with Crippen LogP contribution in [0.5, 0.6) is 0 Å². The molecule has 0 radical (unpaired) electrons. The highest BCUT2D eigenvalue weighted by molar-refractivity contribution is 6.17. The second-order valence-electron chi connectivity index (χ2n) is 6.34. The Morgan fingerprint density at radius 2 is 1.56 bits per heavy atom. The monoisotopic (exact) mass is 354 g/mol. The molecule has 0 bridgehead atoms. The third-order valence-corrected chi connectivity index (χ3v) is 4.92. The van der Waals surface area contributed by atoms with Crippen LogP contribution in [0.15, 0.2) is 60.7 Å². The summed E-state index contributed by atoms with van der Waals surface area (Å²) >= 11 is 5.66. The Morgan fingerprint density at radius 3 is 2.16 bits per heavy atom. The first-order valence-corrected chi connectivity index (χ1v) is 9.38. The lowest BCUT2D eigenvalue weighted by molar-refractivity contribution is -0.148. The van der Waals surface area contributed by atoms with Gasteiger partial charge in [-0.25, -0.2) is 0 Å². The third kappa shape index (κ3) is 4.52. The Balaban J connectivity index is 1.87. The molecule has 0 heterocycles. The molecule has 0 spiro atoms. The molecule has 25 heavy (non-hydrogen) atoms. The minimum Gasteiger partial charge on any atom is -0.465 e. The Kier molecular flexibility index (Phi) is 6.30. The zero-order valence-electron chi connectivity index (χ0n) is 14.3. The van der Waals surface area contributed by atoms with E-state index in [1.165, 1.54) is 22.3 Å². The molecule has 3 heteroatoms. The first kappa shape index (κ1) is 17.8. The van der Waals surface area contributed by atoms with E-state index >= 15 is 0 Å². The van der Waals surface area contributed by atoms with Gasteiger partial charge < -0.3 is 4.74 Å². The first-order valence-electron chi connectivity index (χ1n) is 8.85. The minimum absolute atomic E-state index is 0.0713. The summed E-state index contributed by atoms with van der Waals surface area (Å²) in [6.07, 6.45) is 3.16. The van der Waals surface area contributed by atoms with Crippen molar-refractivity contribution < 1.29 is 9.53 Å². The van der Waals surface area contributed by atoms with E-state index in [4.69, 9.17) is 16.3 Å². The maximum absolute atomic E-state index is 12.4. The normalized spacial score (nSPS) is 17.4. The average Bonchev–Trinajstić information content (AvgIpc) is 2.69. The molecule has 3 rings (SSSR count). The minimum atomic E-state index is -0.0920. The highest BCUT2D eigenvalue weighted by Crippen LogP contribution is 2.41. The standard InChI is InChI=1S/C22H23ClO2/c23-14-7-15-25-22(24)19-12-13-20(17-8-3-1-4-9-17)21(16-19)18-10-5-2-6-11-18/h1-6,8-11,19H,7,12-16H2. The van der Waals surface area contributed by atoms with Crippen molar-refractivity contribution >= 4 is 28.7 Å². The molecule has 0 saturated carbocycles. The van der Waals surface area contributed by atoms with Crippen LogP contribution in [0, 0.1) is 5.92 Å². The second kappa shape index (κ2) is 8.87. The molecule has 1 atom stereocenters. The van der Waals surface area contributed by atoms with Crippen LogP contribution in [0.25, 0.3) is 11.1 Å². The number of ether oxygens (including phenoxy) is 1. The molecule has 1 unspecified atom stereocenters. The van der Waals surface area contributed by atoms with Crippen LogP contribution >= 0.6 is 11.6 Å². The van der Waals surface area contributed by atoms with Gasteiger partial charge in [-0.05, 0) is 48.0 Å². The Bertz CT molecular complexity index is 722. The number of hydrogen-bond acceptors (Lipinski definition) is 2. The van der Waals surface area contributed by atoms with Crippen molar-refractivity contribution in [3.8, 4) is 0 Å². The molecule has 0 aliphatic heterocycles. The molecule has 1 aliphatic rings. The van der Waals surface area contributed by atoms with Crippen LogP contribution in [0.4, 0.5) is 0 Å². The number of carbonyl (C=O) groups excluding carboxylic acids is 1. The average molecular weight is 355 g/mol. The van der Waals surface area contributed by atoms with E-state index in [0.29, 0.717) is 18.9 Å². The molecule has 0 saturated heterocycles. The number of carbonyl (C=O) groups is 1. The predicted octanol–water partition coefficient (Wildman–Crippen LogP) is 5.57. The van der Waals surface area contributed by atoms with Gasteiger partial charge in [-0.1, -0.05) is 60.7 Å². The molecule has 2 aromatic carbocycles. The summed E-state index contributed by atoms with van der Waals surface area (Å²) in [4.78, 5) is 12.4. The van der Waals surface area contributed by atoms with Crippen molar-refractivity contribution in [3.63, 3.8) is 0 Å². The van der Waals surface area contributed by atoms with Crippen molar-refractivity contribution in [1.29, 1.82) is 0 Å². The van der Waals surface area contributed by atoms with E-state index in [1.807, 2.05) is 24.3 Å². The van der Waals surface area contributed by atoms with Crippen LogP contribution in [0.3, 0.4) is 0 Å². The van der Waals surface area contributed by atoms with Gasteiger partial charge in [-0.3, -0.25) is 4.79 Å². The summed E-state index contributed by atoms with van der Waals surface area (Å²) in [6, 6.07) is 20.8. The fraction of sp³-hybridized carbons (Fsp3) is 0.318. The summed E-state index contributed by atoms with van der Waals surface area (Å²) in [5.41, 5.74) is 5.05. The molecule has 0 aromatic heterocycles. The molecule has 1 aliphatic carbocycles. The van der Waals surface area contributed by atoms with Crippen molar-refractivity contribution in [3.05, 3.63) is 71.8 Å². The smallest absolute Gasteiger partial charge is 0.309 e. The molecular formula is C22H23ClO2. The van der Waals surface area contributed by atoms with Crippen molar-refractivity contribution in [1.82, 2.24) is 0 Å². The maximum atomic E-state index is 12.4. The van der Waals surface area contributed by atoms with E-state index in [0.717, 1.165) is 19.3 Å². The number of halogens is 1. The summed E-state index contributed by atoms with van der Waals surface area (Å²) < 4.78 is 5.40. The number of esters is 1. The number of rotatable bonds is 6. The van der Waals surface area contributed by atoms with Crippen molar-refractivity contribution in [2.24, 2.45) is 5.92 Å². The highest BCUT2D eigenvalue weighted by atomic mass is 35.5. The SMILES string of the molecule is O=C(OCCCCl)C1CCC(c2ccccc2)=C(c2ccccc2)C1. The van der Waals surface area contributed by atoms with Gasteiger partial charge >= 0.3 is 5.97 Å². The lowest BCUT2D eigenvalue weighted by atomic mass is 9.78. The fourth-order valence-electron chi connectivity index (χ4n) is 3.38. The van der Waals surface area contributed by atoms with E-state index in [9.17, 15) is 4.79 Å². The van der Waals surface area contributed by atoms with E-state index < -0.39 is 0 Å². The van der Waals surface area contributed by atoms with Gasteiger partial charge in [0.1, 0.15) is 0 Å². The Morgan fingerprint density at radius 1 is 0.960 bits per heavy atom. The Hall–Kier alpha value is -2.06. The lowest BCUT2D eigenvalue weighted by Gasteiger charge is -2.27. The number of benzene rings is 2. The molecule has 2 nitrogen and oxygen atoms in total. The van der Waals surface area contributed by atoms with Crippen LogP contribution in [0.1, 0.15) is 36.8 Å². The molecule has 130 valence electrons. The summed E-state index contributed by atoms with van der Waals surface area (Å²) in [5, 5.41) is 0. The van der Waals surface area contributed by atoms with Gasteiger partial charge in [-0.15, -0.1) is 11.6 Å². The maximum Gasteiger partial charge on any atom is 0.309 e. The largest absolute Gasteiger partial charge is 0.465 e. The van der Waals surface area contributed by atoms with E-state index in [1.54, 1.807) is 0 Å². The molecule has 2 aromatic rings. The predicted molar refractivity (Wildman–Crippen MR) is 103 cm³/mol. The van der Waals surface area contributed by atoms with Crippen molar-refractivity contribution in [2.45, 2.75) is 25.7 Å². The number of allylic oxidation sites excluding steroid dienone is 2. The zero-order chi connectivity index (χ0) is 17.5. The summed E-state index contributed by atoms with van der Waals surface area (Å²) in [7, 11) is 0. The van der Waals surface area contributed by atoms with Gasteiger partial charge in [0, 0.05) is 5.88 Å². The summed E-state index contributed by atoms with van der Waals surface area (Å²) in [6.45, 7) is 0.411. The first-order chi connectivity index (χ1) is 12.3. The van der Waals surface area contributed by atoms with Gasteiger partial charge in [0.05, 0.1) is 12.5 Å². The van der Waals surface area contributed by atoms with Crippen LogP contribution < -0.4 is 0 Å². The van der Waals surface area contributed by atoms with E-state index in [2.05, 4.69) is 36.4 Å². The summed E-state index contributed by atoms with van der Waals surface area (Å²) in [5.74, 6) is 0.356. The number of hydrogen-bond donors (Lipinski definition) is 0. The van der Waals surface area contributed by atoms with Crippen LogP contribution in [-0.2, 0) is 9.53 Å². The topological polar surface area (TPSA) is 26.3 Å². The highest BCUT2D eigenvalue weighted by Gasteiger charge is 2.28. The zero-order valence-corrected chi connectivity index (χ0v) is 15.0. The van der Waals surface area contributed by atoms with Crippen molar-refractivity contribution in [2.75, 3.05) is 12.5 Å². The molecule has 0 N–H and O–H groups in total. The van der Waals surface area contributed by atoms with Gasteiger partial charge in [-0.2, -0.15) is 0 Å². The molecule has 0 amide bonds. The molecule has 0 fully saturated rings.